The number of amides is 1. The maximum absolute atomic E-state index is 12.0. The summed E-state index contributed by atoms with van der Waals surface area (Å²) in [5, 5.41) is 5.63. The Balaban J connectivity index is 1.48. The summed E-state index contributed by atoms with van der Waals surface area (Å²) in [6.07, 6.45) is 8.50. The second kappa shape index (κ2) is 5.83. The number of thiophene rings is 1. The molecule has 1 aromatic rings. The van der Waals surface area contributed by atoms with E-state index >= 15 is 0 Å². The van der Waals surface area contributed by atoms with Gasteiger partial charge in [0.05, 0.1) is 0 Å². The van der Waals surface area contributed by atoms with Crippen LogP contribution in [0.5, 0.6) is 0 Å². The molecular formula is C23H33NOS. The van der Waals surface area contributed by atoms with Crippen molar-refractivity contribution in [3.05, 3.63) is 22.4 Å². The molecule has 0 aromatic carbocycles. The zero-order valence-corrected chi connectivity index (χ0v) is 17.3. The number of carbonyl (C=O) groups is 1. The molecule has 2 heterocycles. The Kier molecular flexibility index (Phi) is 3.88. The van der Waals surface area contributed by atoms with Crippen molar-refractivity contribution in [3.8, 4) is 0 Å². The molecule has 26 heavy (non-hydrogen) atoms. The maximum atomic E-state index is 12.0. The van der Waals surface area contributed by atoms with E-state index in [-0.39, 0.29) is 0 Å². The standard InChI is InChI=1S/C23H33NOS/c1-14-13-17(18-5-4-12-26-18)23(3)10-8-16-15(21(14)23)6-7-19-22(16,2)11-9-20(25)24-19/h4-5,12,14-17,19,21H,6-11,13H2,1-3H3,(H,24,25)/t14-,15-,16+,17-,19-,21+,22-,23-/m1/s1. The Bertz CT molecular complexity index is 699. The van der Waals surface area contributed by atoms with E-state index in [2.05, 4.69) is 43.6 Å². The summed E-state index contributed by atoms with van der Waals surface area (Å²) in [5.74, 6) is 4.43. The van der Waals surface area contributed by atoms with Crippen molar-refractivity contribution in [2.24, 2.45) is 34.5 Å². The second-order valence-corrected chi connectivity index (χ2v) is 11.3. The van der Waals surface area contributed by atoms with Crippen LogP contribution in [0.2, 0.25) is 0 Å². The van der Waals surface area contributed by atoms with E-state index < -0.39 is 0 Å². The van der Waals surface area contributed by atoms with Gasteiger partial charge in [-0.3, -0.25) is 4.79 Å². The summed E-state index contributed by atoms with van der Waals surface area (Å²) in [4.78, 5) is 13.6. The molecule has 8 atom stereocenters. The Morgan fingerprint density at radius 3 is 2.77 bits per heavy atom. The van der Waals surface area contributed by atoms with E-state index in [9.17, 15) is 4.79 Å². The lowest BCUT2D eigenvalue weighted by molar-refractivity contribution is -0.137. The van der Waals surface area contributed by atoms with Crippen LogP contribution in [0.15, 0.2) is 17.5 Å². The number of nitrogens with one attached hydrogen (secondary N) is 1. The monoisotopic (exact) mass is 371 g/mol. The minimum atomic E-state index is 0.290. The van der Waals surface area contributed by atoms with Crippen LogP contribution in [0.25, 0.3) is 0 Å². The maximum Gasteiger partial charge on any atom is 0.220 e. The molecule has 1 N–H and O–H groups in total. The van der Waals surface area contributed by atoms with E-state index in [1.54, 1.807) is 4.88 Å². The van der Waals surface area contributed by atoms with E-state index in [1.807, 2.05) is 11.3 Å². The van der Waals surface area contributed by atoms with Gasteiger partial charge in [-0.05, 0) is 90.4 Å². The lowest BCUT2D eigenvalue weighted by Crippen LogP contribution is -2.61. The molecule has 0 bridgehead atoms. The van der Waals surface area contributed by atoms with Gasteiger partial charge in [-0.2, -0.15) is 0 Å². The van der Waals surface area contributed by atoms with Gasteiger partial charge in [-0.15, -0.1) is 11.3 Å². The molecule has 1 saturated heterocycles. The summed E-state index contributed by atoms with van der Waals surface area (Å²) >= 11 is 1.98. The minimum Gasteiger partial charge on any atom is -0.353 e. The highest BCUT2D eigenvalue weighted by molar-refractivity contribution is 7.10. The molecule has 5 rings (SSSR count). The summed E-state index contributed by atoms with van der Waals surface area (Å²) in [6.45, 7) is 7.67. The van der Waals surface area contributed by atoms with Crippen molar-refractivity contribution in [1.29, 1.82) is 0 Å². The zero-order valence-electron chi connectivity index (χ0n) is 16.5. The van der Waals surface area contributed by atoms with Gasteiger partial charge in [-0.25, -0.2) is 0 Å². The summed E-state index contributed by atoms with van der Waals surface area (Å²) in [7, 11) is 0. The molecular weight excluding hydrogens is 338 g/mol. The van der Waals surface area contributed by atoms with E-state index in [0.717, 1.165) is 42.4 Å². The van der Waals surface area contributed by atoms with Gasteiger partial charge in [0, 0.05) is 17.3 Å². The highest BCUT2D eigenvalue weighted by Crippen LogP contribution is 2.69. The first kappa shape index (κ1) is 17.3. The van der Waals surface area contributed by atoms with E-state index in [0.29, 0.717) is 22.8 Å². The number of rotatable bonds is 1. The third-order valence-corrected chi connectivity index (χ3v) is 10.3. The first-order valence-electron chi connectivity index (χ1n) is 10.8. The van der Waals surface area contributed by atoms with Crippen molar-refractivity contribution in [3.63, 3.8) is 0 Å². The van der Waals surface area contributed by atoms with E-state index in [1.165, 1.54) is 32.1 Å². The molecule has 0 spiro atoms. The Hall–Kier alpha value is -0.830. The third kappa shape index (κ3) is 2.25. The molecule has 1 aromatic heterocycles. The average Bonchev–Trinajstić information content (AvgIpc) is 3.21. The number of hydrogen-bond donors (Lipinski definition) is 1. The highest BCUT2D eigenvalue weighted by atomic mass is 32.1. The van der Waals surface area contributed by atoms with Crippen LogP contribution in [0.3, 0.4) is 0 Å². The summed E-state index contributed by atoms with van der Waals surface area (Å²) < 4.78 is 0. The quantitative estimate of drug-likeness (QED) is 0.684. The van der Waals surface area contributed by atoms with Crippen molar-refractivity contribution in [2.45, 2.75) is 77.7 Å². The zero-order chi connectivity index (χ0) is 18.1. The Labute approximate surface area is 162 Å². The van der Waals surface area contributed by atoms with Crippen LogP contribution in [0.4, 0.5) is 0 Å². The van der Waals surface area contributed by atoms with Crippen LogP contribution in [-0.2, 0) is 4.79 Å². The molecule has 3 saturated carbocycles. The van der Waals surface area contributed by atoms with Gasteiger partial charge < -0.3 is 5.32 Å². The van der Waals surface area contributed by atoms with Crippen molar-refractivity contribution in [1.82, 2.24) is 5.32 Å². The van der Waals surface area contributed by atoms with Crippen LogP contribution < -0.4 is 5.32 Å². The summed E-state index contributed by atoms with van der Waals surface area (Å²) in [5.41, 5.74) is 0.811. The predicted octanol–water partition coefficient (Wildman–Crippen LogP) is 5.60. The fraction of sp³-hybridized carbons (Fsp3) is 0.783. The Morgan fingerprint density at radius 1 is 1.15 bits per heavy atom. The molecule has 1 aliphatic heterocycles. The average molecular weight is 372 g/mol. The molecule has 4 fully saturated rings. The smallest absolute Gasteiger partial charge is 0.220 e. The van der Waals surface area contributed by atoms with Gasteiger partial charge in [0.1, 0.15) is 0 Å². The van der Waals surface area contributed by atoms with Gasteiger partial charge in [-0.1, -0.05) is 26.8 Å². The molecule has 4 aliphatic rings. The number of hydrogen-bond acceptors (Lipinski definition) is 2. The van der Waals surface area contributed by atoms with Crippen LogP contribution in [0, 0.1) is 34.5 Å². The highest BCUT2D eigenvalue weighted by Gasteiger charge is 2.62. The molecule has 0 radical (unpaired) electrons. The number of piperidine rings is 1. The molecule has 0 unspecified atom stereocenters. The Morgan fingerprint density at radius 2 is 2.00 bits per heavy atom. The second-order valence-electron chi connectivity index (χ2n) is 10.3. The molecule has 3 aliphatic carbocycles. The van der Waals surface area contributed by atoms with E-state index in [4.69, 9.17) is 0 Å². The fourth-order valence-corrected chi connectivity index (χ4v) is 9.18. The normalized spacial score (nSPS) is 50.5. The van der Waals surface area contributed by atoms with Gasteiger partial charge in [0.25, 0.3) is 0 Å². The first-order chi connectivity index (χ1) is 12.4. The molecule has 3 heteroatoms. The molecule has 1 amide bonds. The van der Waals surface area contributed by atoms with Crippen molar-refractivity contribution in [2.75, 3.05) is 0 Å². The largest absolute Gasteiger partial charge is 0.353 e. The van der Waals surface area contributed by atoms with Gasteiger partial charge in [0.15, 0.2) is 0 Å². The van der Waals surface area contributed by atoms with Crippen LogP contribution >= 0.6 is 11.3 Å². The van der Waals surface area contributed by atoms with Crippen LogP contribution in [-0.4, -0.2) is 11.9 Å². The molecule has 142 valence electrons. The summed E-state index contributed by atoms with van der Waals surface area (Å²) in [6, 6.07) is 5.06. The topological polar surface area (TPSA) is 29.1 Å². The molecule has 2 nitrogen and oxygen atoms in total. The predicted molar refractivity (Wildman–Crippen MR) is 107 cm³/mol. The van der Waals surface area contributed by atoms with Crippen molar-refractivity contribution < 1.29 is 4.79 Å². The minimum absolute atomic E-state index is 0.290. The first-order valence-corrected chi connectivity index (χ1v) is 11.6. The van der Waals surface area contributed by atoms with Crippen molar-refractivity contribution >= 4 is 17.2 Å². The van der Waals surface area contributed by atoms with Crippen LogP contribution in [0.1, 0.15) is 76.5 Å². The lowest BCUT2D eigenvalue weighted by Gasteiger charge is -2.60. The third-order valence-electron chi connectivity index (χ3n) is 9.29. The fourth-order valence-electron chi connectivity index (χ4n) is 8.18. The number of carbonyl (C=O) groups excluding carboxylic acids is 1. The van der Waals surface area contributed by atoms with Gasteiger partial charge >= 0.3 is 0 Å². The SMILES string of the molecule is C[C@@H]1C[C@H](c2cccs2)[C@@]2(C)CC[C@H]3[C@@H](CC[C@H]4NC(=O)CC[C@@]43C)[C@H]12. The van der Waals surface area contributed by atoms with Gasteiger partial charge in [0.2, 0.25) is 5.91 Å². The lowest BCUT2D eigenvalue weighted by atomic mass is 9.46. The number of fused-ring (bicyclic) bond motifs is 5.